The van der Waals surface area contributed by atoms with Gasteiger partial charge in [0.1, 0.15) is 5.82 Å². The van der Waals surface area contributed by atoms with E-state index in [1.54, 1.807) is 36.5 Å². The van der Waals surface area contributed by atoms with Crippen LogP contribution < -0.4 is 10.6 Å². The number of halogens is 2. The summed E-state index contributed by atoms with van der Waals surface area (Å²) in [5.74, 6) is 0.275. The van der Waals surface area contributed by atoms with E-state index in [4.69, 9.17) is 23.2 Å². The Morgan fingerprint density at radius 3 is 2.29 bits per heavy atom. The number of benzene rings is 2. The molecule has 0 atom stereocenters. The van der Waals surface area contributed by atoms with E-state index in [0.717, 1.165) is 11.4 Å². The molecule has 6 heteroatoms. The monoisotopic (exact) mass is 357 g/mol. The van der Waals surface area contributed by atoms with Crippen LogP contribution in [0.15, 0.2) is 66.9 Å². The maximum absolute atomic E-state index is 12.1. The van der Waals surface area contributed by atoms with Crippen LogP contribution in [0.2, 0.25) is 10.0 Å². The molecule has 1 aromatic heterocycles. The van der Waals surface area contributed by atoms with E-state index >= 15 is 0 Å². The van der Waals surface area contributed by atoms with Crippen LogP contribution >= 0.6 is 23.2 Å². The summed E-state index contributed by atoms with van der Waals surface area (Å²) in [6, 6.07) is 17.8. The highest BCUT2D eigenvalue weighted by molar-refractivity contribution is 6.42. The average molecular weight is 358 g/mol. The van der Waals surface area contributed by atoms with Gasteiger partial charge in [0.2, 0.25) is 0 Å². The zero-order chi connectivity index (χ0) is 16.9. The molecule has 1 heterocycles. The topological polar surface area (TPSA) is 54.0 Å². The highest BCUT2D eigenvalue weighted by atomic mass is 35.5. The summed E-state index contributed by atoms with van der Waals surface area (Å²) in [6.45, 7) is 0. The fourth-order valence-corrected chi connectivity index (χ4v) is 2.36. The van der Waals surface area contributed by atoms with Crippen LogP contribution in [0.3, 0.4) is 0 Å². The first kappa shape index (κ1) is 16.3. The van der Waals surface area contributed by atoms with Gasteiger partial charge in [-0.1, -0.05) is 41.4 Å². The third-order valence-electron chi connectivity index (χ3n) is 3.25. The summed E-state index contributed by atoms with van der Waals surface area (Å²) in [5.41, 5.74) is 2.15. The van der Waals surface area contributed by atoms with Crippen molar-refractivity contribution in [3.8, 4) is 0 Å². The lowest BCUT2D eigenvalue weighted by Crippen LogP contribution is -2.12. The van der Waals surface area contributed by atoms with Crippen molar-refractivity contribution >= 4 is 46.3 Å². The molecule has 3 rings (SSSR count). The normalized spacial score (nSPS) is 10.2. The molecule has 2 aromatic carbocycles. The fourth-order valence-electron chi connectivity index (χ4n) is 2.06. The molecule has 0 saturated heterocycles. The number of rotatable bonds is 4. The van der Waals surface area contributed by atoms with Crippen molar-refractivity contribution in [3.63, 3.8) is 0 Å². The van der Waals surface area contributed by atoms with Gasteiger partial charge in [-0.05, 0) is 42.5 Å². The second-order valence-electron chi connectivity index (χ2n) is 5.01. The standard InChI is InChI=1S/C18H13Cl2N3O/c19-15-8-6-13(10-16(15)20)22-14-7-9-17(21-11-14)23-18(24)12-4-2-1-3-5-12/h1-11,22H,(H,21,23,24). The van der Waals surface area contributed by atoms with Crippen LogP contribution in [-0.2, 0) is 0 Å². The molecular weight excluding hydrogens is 345 g/mol. The zero-order valence-corrected chi connectivity index (χ0v) is 14.0. The first-order chi connectivity index (χ1) is 11.6. The molecule has 4 nitrogen and oxygen atoms in total. The second kappa shape index (κ2) is 7.34. The van der Waals surface area contributed by atoms with Gasteiger partial charge in [-0.25, -0.2) is 4.98 Å². The number of anilines is 3. The number of aromatic nitrogens is 1. The van der Waals surface area contributed by atoms with E-state index in [1.165, 1.54) is 0 Å². The van der Waals surface area contributed by atoms with Crippen LogP contribution in [0.4, 0.5) is 17.2 Å². The molecule has 0 spiro atoms. The van der Waals surface area contributed by atoms with Crippen molar-refractivity contribution in [2.45, 2.75) is 0 Å². The van der Waals surface area contributed by atoms with Crippen LogP contribution in [0.5, 0.6) is 0 Å². The van der Waals surface area contributed by atoms with Gasteiger partial charge < -0.3 is 10.6 Å². The van der Waals surface area contributed by atoms with Gasteiger partial charge in [0.05, 0.1) is 21.9 Å². The quantitative estimate of drug-likeness (QED) is 0.658. The molecule has 1 amide bonds. The Bertz CT molecular complexity index is 852. The molecule has 2 N–H and O–H groups in total. The number of carbonyl (C=O) groups excluding carboxylic acids is 1. The maximum atomic E-state index is 12.1. The average Bonchev–Trinajstić information content (AvgIpc) is 2.61. The molecule has 0 fully saturated rings. The Morgan fingerprint density at radius 2 is 1.62 bits per heavy atom. The largest absolute Gasteiger partial charge is 0.354 e. The van der Waals surface area contributed by atoms with Crippen molar-refractivity contribution in [1.82, 2.24) is 4.98 Å². The predicted octanol–water partition coefficient (Wildman–Crippen LogP) is 5.38. The number of nitrogens with zero attached hydrogens (tertiary/aromatic N) is 1. The van der Waals surface area contributed by atoms with Crippen molar-refractivity contribution in [3.05, 3.63) is 82.5 Å². The summed E-state index contributed by atoms with van der Waals surface area (Å²) in [6.07, 6.45) is 1.63. The molecule has 3 aromatic rings. The van der Waals surface area contributed by atoms with E-state index in [0.29, 0.717) is 21.4 Å². The lowest BCUT2D eigenvalue weighted by atomic mass is 10.2. The lowest BCUT2D eigenvalue weighted by Gasteiger charge is -2.09. The Balaban J connectivity index is 1.67. The van der Waals surface area contributed by atoms with E-state index in [2.05, 4.69) is 15.6 Å². The van der Waals surface area contributed by atoms with Crippen molar-refractivity contribution in [2.24, 2.45) is 0 Å². The van der Waals surface area contributed by atoms with Gasteiger partial charge in [-0.2, -0.15) is 0 Å². The Hall–Kier alpha value is -2.56. The van der Waals surface area contributed by atoms with Gasteiger partial charge in [-0.15, -0.1) is 0 Å². The Kier molecular flexibility index (Phi) is 4.99. The van der Waals surface area contributed by atoms with Gasteiger partial charge in [-0.3, -0.25) is 4.79 Å². The zero-order valence-electron chi connectivity index (χ0n) is 12.5. The minimum atomic E-state index is -0.201. The van der Waals surface area contributed by atoms with Crippen molar-refractivity contribution in [2.75, 3.05) is 10.6 Å². The van der Waals surface area contributed by atoms with Crippen LogP contribution in [0, 0.1) is 0 Å². The minimum absolute atomic E-state index is 0.201. The van der Waals surface area contributed by atoms with Gasteiger partial charge in [0.25, 0.3) is 5.91 Å². The van der Waals surface area contributed by atoms with E-state index in [-0.39, 0.29) is 5.91 Å². The SMILES string of the molecule is O=C(Nc1ccc(Nc2ccc(Cl)c(Cl)c2)cn1)c1ccccc1. The number of hydrogen-bond acceptors (Lipinski definition) is 3. The molecule has 24 heavy (non-hydrogen) atoms. The molecule has 0 radical (unpaired) electrons. The first-order valence-electron chi connectivity index (χ1n) is 7.16. The van der Waals surface area contributed by atoms with Crippen molar-refractivity contribution in [1.29, 1.82) is 0 Å². The number of carbonyl (C=O) groups is 1. The highest BCUT2D eigenvalue weighted by Crippen LogP contribution is 2.27. The molecule has 0 bridgehead atoms. The van der Waals surface area contributed by atoms with E-state index in [1.807, 2.05) is 30.3 Å². The smallest absolute Gasteiger partial charge is 0.256 e. The molecule has 120 valence electrons. The summed E-state index contributed by atoms with van der Waals surface area (Å²) < 4.78 is 0. The summed E-state index contributed by atoms with van der Waals surface area (Å²) >= 11 is 11.9. The number of pyridine rings is 1. The molecule has 0 aliphatic heterocycles. The molecular formula is C18H13Cl2N3O. The second-order valence-corrected chi connectivity index (χ2v) is 5.82. The van der Waals surface area contributed by atoms with Crippen LogP contribution in [0.1, 0.15) is 10.4 Å². The summed E-state index contributed by atoms with van der Waals surface area (Å²) in [5, 5.41) is 6.89. The molecule has 0 aliphatic rings. The highest BCUT2D eigenvalue weighted by Gasteiger charge is 2.06. The fraction of sp³-hybridized carbons (Fsp3) is 0. The minimum Gasteiger partial charge on any atom is -0.354 e. The summed E-state index contributed by atoms with van der Waals surface area (Å²) in [4.78, 5) is 16.3. The molecule has 0 aliphatic carbocycles. The van der Waals surface area contributed by atoms with Crippen LogP contribution in [0.25, 0.3) is 0 Å². The summed E-state index contributed by atoms with van der Waals surface area (Å²) in [7, 11) is 0. The van der Waals surface area contributed by atoms with E-state index in [9.17, 15) is 4.79 Å². The third kappa shape index (κ3) is 4.04. The number of amides is 1. The molecule has 0 unspecified atom stereocenters. The van der Waals surface area contributed by atoms with Crippen LogP contribution in [-0.4, -0.2) is 10.9 Å². The molecule has 0 saturated carbocycles. The number of nitrogens with one attached hydrogen (secondary N) is 2. The van der Waals surface area contributed by atoms with Gasteiger partial charge >= 0.3 is 0 Å². The lowest BCUT2D eigenvalue weighted by molar-refractivity contribution is 0.102. The van der Waals surface area contributed by atoms with Gasteiger partial charge in [0.15, 0.2) is 0 Å². The third-order valence-corrected chi connectivity index (χ3v) is 3.99. The first-order valence-corrected chi connectivity index (χ1v) is 7.92. The van der Waals surface area contributed by atoms with Gasteiger partial charge in [0, 0.05) is 11.3 Å². The Morgan fingerprint density at radius 1 is 0.875 bits per heavy atom. The van der Waals surface area contributed by atoms with Crippen molar-refractivity contribution < 1.29 is 4.79 Å². The number of hydrogen-bond donors (Lipinski definition) is 2. The predicted molar refractivity (Wildman–Crippen MR) is 98.4 cm³/mol. The van der Waals surface area contributed by atoms with E-state index < -0.39 is 0 Å². The Labute approximate surface area is 149 Å². The maximum Gasteiger partial charge on any atom is 0.256 e.